The van der Waals surface area contributed by atoms with Gasteiger partial charge in [-0.25, -0.2) is 0 Å². The van der Waals surface area contributed by atoms with Gasteiger partial charge in [0, 0.05) is 19.1 Å². The van der Waals surface area contributed by atoms with Crippen molar-refractivity contribution in [2.45, 2.75) is 51.0 Å². The quantitative estimate of drug-likeness (QED) is 0.748. The molecular weight excluding hydrogens is 222 g/mol. The molecule has 0 amide bonds. The van der Waals surface area contributed by atoms with Crippen molar-refractivity contribution in [1.82, 2.24) is 15.1 Å². The topological polar surface area (TPSA) is 18.5 Å². The van der Waals surface area contributed by atoms with Gasteiger partial charge in [0.15, 0.2) is 0 Å². The van der Waals surface area contributed by atoms with Gasteiger partial charge in [-0.3, -0.25) is 0 Å². The van der Waals surface area contributed by atoms with Crippen LogP contribution in [0.4, 0.5) is 0 Å². The van der Waals surface area contributed by atoms with Crippen LogP contribution in [0, 0.1) is 0 Å². The second-order valence-electron chi connectivity index (χ2n) is 6.14. The van der Waals surface area contributed by atoms with Crippen LogP contribution < -0.4 is 5.32 Å². The minimum Gasteiger partial charge on any atom is -0.314 e. The van der Waals surface area contributed by atoms with E-state index < -0.39 is 0 Å². The van der Waals surface area contributed by atoms with Gasteiger partial charge in [0.1, 0.15) is 0 Å². The van der Waals surface area contributed by atoms with Crippen LogP contribution in [0.5, 0.6) is 0 Å². The summed E-state index contributed by atoms with van der Waals surface area (Å²) in [6.07, 6.45) is 9.77. The zero-order valence-electron chi connectivity index (χ0n) is 12.2. The standard InChI is InChI=1S/C15H31N3/c1-17(13-14-18-11-4-5-12-18)10-6-8-15-7-2-3-9-16-15/h15-16H,2-14H2,1H3. The highest BCUT2D eigenvalue weighted by molar-refractivity contribution is 4.73. The predicted octanol–water partition coefficient (Wildman–Crippen LogP) is 1.94. The van der Waals surface area contributed by atoms with Gasteiger partial charge in [0.2, 0.25) is 0 Å². The summed E-state index contributed by atoms with van der Waals surface area (Å²) in [5, 5.41) is 3.64. The molecule has 3 heteroatoms. The number of hydrogen-bond acceptors (Lipinski definition) is 3. The number of hydrogen-bond donors (Lipinski definition) is 1. The molecule has 2 aliphatic rings. The fraction of sp³-hybridized carbons (Fsp3) is 1.00. The van der Waals surface area contributed by atoms with Gasteiger partial charge in [-0.05, 0) is 71.8 Å². The Hall–Kier alpha value is -0.120. The maximum atomic E-state index is 3.64. The van der Waals surface area contributed by atoms with E-state index in [1.54, 1.807) is 0 Å². The van der Waals surface area contributed by atoms with Crippen LogP contribution in [-0.4, -0.2) is 62.2 Å². The average molecular weight is 253 g/mol. The molecule has 106 valence electrons. The first kappa shape index (κ1) is 14.3. The first-order valence-corrected chi connectivity index (χ1v) is 7.99. The minimum absolute atomic E-state index is 0.811. The second kappa shape index (κ2) is 8.13. The van der Waals surface area contributed by atoms with Gasteiger partial charge >= 0.3 is 0 Å². The SMILES string of the molecule is CN(CCCC1CCCCN1)CCN1CCCC1. The zero-order chi connectivity index (χ0) is 12.6. The van der Waals surface area contributed by atoms with Crippen molar-refractivity contribution in [3.05, 3.63) is 0 Å². The summed E-state index contributed by atoms with van der Waals surface area (Å²) in [7, 11) is 2.28. The summed E-state index contributed by atoms with van der Waals surface area (Å²) in [6, 6.07) is 0.811. The van der Waals surface area contributed by atoms with E-state index in [0.29, 0.717) is 0 Å². The Morgan fingerprint density at radius 3 is 2.67 bits per heavy atom. The number of likely N-dealkylation sites (tertiary alicyclic amines) is 1. The molecule has 1 atom stereocenters. The number of piperidine rings is 1. The smallest absolute Gasteiger partial charge is 0.0109 e. The fourth-order valence-corrected chi connectivity index (χ4v) is 3.21. The zero-order valence-corrected chi connectivity index (χ0v) is 12.2. The lowest BCUT2D eigenvalue weighted by Crippen LogP contribution is -2.35. The summed E-state index contributed by atoms with van der Waals surface area (Å²) in [6.45, 7) is 7.71. The third-order valence-electron chi connectivity index (χ3n) is 4.50. The Bertz CT molecular complexity index is 208. The van der Waals surface area contributed by atoms with E-state index in [-0.39, 0.29) is 0 Å². The van der Waals surface area contributed by atoms with Crippen molar-refractivity contribution >= 4 is 0 Å². The molecule has 0 aromatic heterocycles. The van der Waals surface area contributed by atoms with Crippen molar-refractivity contribution in [3.8, 4) is 0 Å². The van der Waals surface area contributed by atoms with Gasteiger partial charge in [-0.2, -0.15) is 0 Å². The van der Waals surface area contributed by atoms with Crippen molar-refractivity contribution in [2.75, 3.05) is 46.3 Å². The summed E-state index contributed by atoms with van der Waals surface area (Å²) < 4.78 is 0. The van der Waals surface area contributed by atoms with E-state index in [2.05, 4.69) is 22.2 Å². The molecule has 0 bridgehead atoms. The van der Waals surface area contributed by atoms with E-state index >= 15 is 0 Å². The maximum Gasteiger partial charge on any atom is 0.0109 e. The number of nitrogens with zero attached hydrogens (tertiary/aromatic N) is 2. The third-order valence-corrected chi connectivity index (χ3v) is 4.50. The minimum atomic E-state index is 0.811. The van der Waals surface area contributed by atoms with E-state index in [1.165, 1.54) is 84.2 Å². The third kappa shape index (κ3) is 5.25. The van der Waals surface area contributed by atoms with Crippen molar-refractivity contribution in [1.29, 1.82) is 0 Å². The molecule has 0 radical (unpaired) electrons. The Morgan fingerprint density at radius 2 is 1.94 bits per heavy atom. The lowest BCUT2D eigenvalue weighted by molar-refractivity contribution is 0.248. The highest BCUT2D eigenvalue weighted by atomic mass is 15.2. The van der Waals surface area contributed by atoms with Crippen molar-refractivity contribution < 1.29 is 0 Å². The van der Waals surface area contributed by atoms with Gasteiger partial charge < -0.3 is 15.1 Å². The predicted molar refractivity (Wildman–Crippen MR) is 78.0 cm³/mol. The molecule has 0 spiro atoms. The summed E-state index contributed by atoms with van der Waals surface area (Å²) >= 11 is 0. The van der Waals surface area contributed by atoms with Gasteiger partial charge in [0.05, 0.1) is 0 Å². The molecule has 2 saturated heterocycles. The Kier molecular flexibility index (Phi) is 6.46. The number of nitrogens with one attached hydrogen (secondary N) is 1. The second-order valence-corrected chi connectivity index (χ2v) is 6.14. The molecule has 3 nitrogen and oxygen atoms in total. The Morgan fingerprint density at radius 1 is 1.11 bits per heavy atom. The summed E-state index contributed by atoms with van der Waals surface area (Å²) in [4.78, 5) is 5.13. The molecule has 2 heterocycles. The molecule has 1 N–H and O–H groups in total. The van der Waals surface area contributed by atoms with Crippen molar-refractivity contribution in [3.63, 3.8) is 0 Å². The van der Waals surface area contributed by atoms with Gasteiger partial charge in [-0.1, -0.05) is 6.42 Å². The lowest BCUT2D eigenvalue weighted by atomic mass is 10.0. The lowest BCUT2D eigenvalue weighted by Gasteiger charge is -2.25. The highest BCUT2D eigenvalue weighted by Gasteiger charge is 2.13. The first-order chi connectivity index (χ1) is 8.84. The van der Waals surface area contributed by atoms with E-state index in [1.807, 2.05) is 0 Å². The largest absolute Gasteiger partial charge is 0.314 e. The normalized spacial score (nSPS) is 26.0. The Labute approximate surface area is 113 Å². The molecule has 18 heavy (non-hydrogen) atoms. The molecule has 0 aromatic carbocycles. The molecular formula is C15H31N3. The molecule has 0 saturated carbocycles. The van der Waals surface area contributed by atoms with Crippen molar-refractivity contribution in [2.24, 2.45) is 0 Å². The molecule has 2 rings (SSSR count). The average Bonchev–Trinajstić information content (AvgIpc) is 2.91. The fourth-order valence-electron chi connectivity index (χ4n) is 3.21. The van der Waals surface area contributed by atoms with E-state index in [9.17, 15) is 0 Å². The summed E-state index contributed by atoms with van der Waals surface area (Å²) in [5.41, 5.74) is 0. The molecule has 2 fully saturated rings. The highest BCUT2D eigenvalue weighted by Crippen LogP contribution is 2.12. The monoisotopic (exact) mass is 253 g/mol. The van der Waals surface area contributed by atoms with Crippen LogP contribution in [0.15, 0.2) is 0 Å². The number of likely N-dealkylation sites (N-methyl/N-ethyl adjacent to an activating group) is 1. The van der Waals surface area contributed by atoms with Gasteiger partial charge in [-0.15, -0.1) is 0 Å². The van der Waals surface area contributed by atoms with E-state index in [0.717, 1.165) is 6.04 Å². The van der Waals surface area contributed by atoms with E-state index in [4.69, 9.17) is 0 Å². The molecule has 2 aliphatic heterocycles. The van der Waals surface area contributed by atoms with Crippen LogP contribution in [0.2, 0.25) is 0 Å². The van der Waals surface area contributed by atoms with Crippen LogP contribution in [-0.2, 0) is 0 Å². The molecule has 0 aliphatic carbocycles. The van der Waals surface area contributed by atoms with Crippen LogP contribution in [0.1, 0.15) is 44.9 Å². The summed E-state index contributed by atoms with van der Waals surface area (Å²) in [5.74, 6) is 0. The Balaban J connectivity index is 1.47. The van der Waals surface area contributed by atoms with Crippen LogP contribution in [0.3, 0.4) is 0 Å². The van der Waals surface area contributed by atoms with Crippen LogP contribution >= 0.6 is 0 Å². The molecule has 1 unspecified atom stereocenters. The van der Waals surface area contributed by atoms with Gasteiger partial charge in [0.25, 0.3) is 0 Å². The van der Waals surface area contributed by atoms with Crippen LogP contribution in [0.25, 0.3) is 0 Å². The molecule has 0 aromatic rings. The maximum absolute atomic E-state index is 3.64. The number of rotatable bonds is 7. The first-order valence-electron chi connectivity index (χ1n) is 7.99.